The number of hydrazine groups is 1. The molecule has 0 amide bonds. The predicted molar refractivity (Wildman–Crippen MR) is 73.6 cm³/mol. The average Bonchev–Trinajstić information content (AvgIpc) is 3.19. The van der Waals surface area contributed by atoms with E-state index in [1.54, 1.807) is 0 Å². The molecular weight excluding hydrogens is 228 g/mol. The number of nitrogens with two attached hydrogens (primary N) is 1. The number of hydrogen-bond acceptors (Lipinski definition) is 6. The number of hydrogen-bond donors (Lipinski definition) is 2. The summed E-state index contributed by atoms with van der Waals surface area (Å²) < 4.78 is 0. The maximum absolute atomic E-state index is 5.46. The number of nitrogen functional groups attached to an aromatic ring is 1. The van der Waals surface area contributed by atoms with Gasteiger partial charge in [-0.15, -0.1) is 0 Å². The summed E-state index contributed by atoms with van der Waals surface area (Å²) in [6, 6.07) is 1.89. The van der Waals surface area contributed by atoms with E-state index in [2.05, 4.69) is 39.3 Å². The van der Waals surface area contributed by atoms with Gasteiger partial charge in [0.25, 0.3) is 0 Å². The number of rotatable bonds is 6. The molecule has 6 heteroatoms. The Morgan fingerprint density at radius 2 is 2.00 bits per heavy atom. The van der Waals surface area contributed by atoms with Crippen molar-refractivity contribution in [2.75, 3.05) is 44.6 Å². The summed E-state index contributed by atoms with van der Waals surface area (Å²) in [5, 5.41) is 0. The zero-order chi connectivity index (χ0) is 13.1. The molecule has 1 aliphatic carbocycles. The van der Waals surface area contributed by atoms with Gasteiger partial charge < -0.3 is 15.2 Å². The van der Waals surface area contributed by atoms with Crippen LogP contribution in [0, 0.1) is 0 Å². The first-order valence-corrected chi connectivity index (χ1v) is 6.31. The normalized spacial score (nSPS) is 14.9. The van der Waals surface area contributed by atoms with Crippen molar-refractivity contribution < 1.29 is 0 Å². The molecule has 100 valence electrons. The summed E-state index contributed by atoms with van der Waals surface area (Å²) in [5.74, 6) is 8.53. The smallest absolute Gasteiger partial charge is 0.145 e. The number of nitrogens with one attached hydrogen (secondary N) is 1. The highest BCUT2D eigenvalue weighted by Gasteiger charge is 2.27. The maximum atomic E-state index is 5.46. The van der Waals surface area contributed by atoms with Crippen LogP contribution < -0.4 is 16.2 Å². The highest BCUT2D eigenvalue weighted by Crippen LogP contribution is 2.38. The zero-order valence-electron chi connectivity index (χ0n) is 11.3. The molecule has 1 saturated carbocycles. The highest BCUT2D eigenvalue weighted by atomic mass is 15.3. The Morgan fingerprint density at radius 1 is 1.28 bits per heavy atom. The first-order valence-electron chi connectivity index (χ1n) is 6.31. The molecule has 2 rings (SSSR count). The van der Waals surface area contributed by atoms with E-state index in [0.29, 0.717) is 11.7 Å². The topological polar surface area (TPSA) is 70.3 Å². The molecule has 0 saturated heterocycles. The van der Waals surface area contributed by atoms with Crippen LogP contribution in [0.1, 0.15) is 24.6 Å². The fourth-order valence-electron chi connectivity index (χ4n) is 1.71. The molecule has 1 aliphatic rings. The van der Waals surface area contributed by atoms with Crippen LogP contribution in [0.5, 0.6) is 0 Å². The number of nitrogens with zero attached hydrogens (tertiary/aromatic N) is 4. The molecule has 1 fully saturated rings. The molecule has 0 bridgehead atoms. The molecule has 1 heterocycles. The molecule has 18 heavy (non-hydrogen) atoms. The van der Waals surface area contributed by atoms with Crippen molar-refractivity contribution in [3.8, 4) is 0 Å². The van der Waals surface area contributed by atoms with Gasteiger partial charge in [-0.05, 0) is 26.9 Å². The average molecular weight is 250 g/mol. The summed E-state index contributed by atoms with van der Waals surface area (Å²) >= 11 is 0. The van der Waals surface area contributed by atoms with Gasteiger partial charge in [0.2, 0.25) is 0 Å². The van der Waals surface area contributed by atoms with Crippen molar-refractivity contribution in [2.24, 2.45) is 5.84 Å². The van der Waals surface area contributed by atoms with Crippen molar-refractivity contribution in [3.63, 3.8) is 0 Å². The van der Waals surface area contributed by atoms with E-state index in [1.165, 1.54) is 12.8 Å². The predicted octanol–water partition coefficient (Wildman–Crippen LogP) is 0.637. The third-order valence-corrected chi connectivity index (χ3v) is 3.09. The highest BCUT2D eigenvalue weighted by molar-refractivity contribution is 5.49. The lowest BCUT2D eigenvalue weighted by Gasteiger charge is -2.21. The Hall–Kier alpha value is -1.40. The second-order valence-corrected chi connectivity index (χ2v) is 5.11. The van der Waals surface area contributed by atoms with Crippen LogP contribution in [-0.2, 0) is 0 Å². The van der Waals surface area contributed by atoms with E-state index in [4.69, 9.17) is 5.84 Å². The van der Waals surface area contributed by atoms with Gasteiger partial charge in [0.1, 0.15) is 17.5 Å². The van der Waals surface area contributed by atoms with Gasteiger partial charge in [0, 0.05) is 32.1 Å². The van der Waals surface area contributed by atoms with E-state index in [-0.39, 0.29) is 0 Å². The lowest BCUT2D eigenvalue weighted by Crippen LogP contribution is -2.29. The molecule has 1 aromatic heterocycles. The summed E-state index contributed by atoms with van der Waals surface area (Å²) in [6.45, 7) is 1.92. The SMILES string of the molecule is CN(C)CCN(C)c1cc(NN)nc(C2CC2)n1. The van der Waals surface area contributed by atoms with E-state index in [9.17, 15) is 0 Å². The molecule has 6 nitrogen and oxygen atoms in total. The van der Waals surface area contributed by atoms with Crippen molar-refractivity contribution in [2.45, 2.75) is 18.8 Å². The molecule has 0 aromatic carbocycles. The van der Waals surface area contributed by atoms with Gasteiger partial charge in [-0.2, -0.15) is 0 Å². The number of anilines is 2. The Kier molecular flexibility index (Phi) is 3.98. The maximum Gasteiger partial charge on any atom is 0.145 e. The molecule has 0 unspecified atom stereocenters. The molecule has 0 spiro atoms. The second kappa shape index (κ2) is 5.49. The van der Waals surface area contributed by atoms with E-state index < -0.39 is 0 Å². The van der Waals surface area contributed by atoms with E-state index in [0.717, 1.165) is 24.7 Å². The first kappa shape index (κ1) is 13.0. The molecule has 1 aromatic rings. The fourth-order valence-corrected chi connectivity index (χ4v) is 1.71. The third kappa shape index (κ3) is 3.30. The molecule has 0 atom stereocenters. The monoisotopic (exact) mass is 250 g/mol. The van der Waals surface area contributed by atoms with Crippen LogP contribution in [0.2, 0.25) is 0 Å². The fraction of sp³-hybridized carbons (Fsp3) is 0.667. The first-order chi connectivity index (χ1) is 8.60. The lowest BCUT2D eigenvalue weighted by atomic mass is 10.3. The van der Waals surface area contributed by atoms with Crippen LogP contribution in [0.15, 0.2) is 6.07 Å². The van der Waals surface area contributed by atoms with Gasteiger partial charge in [0.15, 0.2) is 0 Å². The minimum Gasteiger partial charge on any atom is -0.358 e. The molecule has 3 N–H and O–H groups in total. The van der Waals surface area contributed by atoms with Gasteiger partial charge in [-0.25, -0.2) is 15.8 Å². The van der Waals surface area contributed by atoms with Crippen molar-refractivity contribution in [1.29, 1.82) is 0 Å². The Morgan fingerprint density at radius 3 is 2.56 bits per heavy atom. The summed E-state index contributed by atoms with van der Waals surface area (Å²) in [5.41, 5.74) is 2.62. The van der Waals surface area contributed by atoms with Crippen molar-refractivity contribution >= 4 is 11.6 Å². The van der Waals surface area contributed by atoms with Crippen molar-refractivity contribution in [3.05, 3.63) is 11.9 Å². The van der Waals surface area contributed by atoms with Gasteiger partial charge >= 0.3 is 0 Å². The molecule has 0 radical (unpaired) electrons. The molecule has 0 aliphatic heterocycles. The zero-order valence-corrected chi connectivity index (χ0v) is 11.3. The third-order valence-electron chi connectivity index (χ3n) is 3.09. The van der Waals surface area contributed by atoms with Crippen LogP contribution in [0.25, 0.3) is 0 Å². The largest absolute Gasteiger partial charge is 0.358 e. The Labute approximate surface area is 108 Å². The Balaban J connectivity index is 2.12. The van der Waals surface area contributed by atoms with Gasteiger partial charge in [-0.3, -0.25) is 0 Å². The standard InChI is InChI=1S/C12H22N6/c1-17(2)6-7-18(3)11-8-10(16-13)14-12(15-11)9-4-5-9/h8-9H,4-7,13H2,1-3H3,(H,14,15,16). The number of likely N-dealkylation sites (N-methyl/N-ethyl adjacent to an activating group) is 2. The quantitative estimate of drug-likeness (QED) is 0.570. The van der Waals surface area contributed by atoms with Crippen LogP contribution in [-0.4, -0.2) is 49.1 Å². The minimum atomic E-state index is 0.527. The summed E-state index contributed by atoms with van der Waals surface area (Å²) in [6.07, 6.45) is 2.38. The van der Waals surface area contributed by atoms with Gasteiger partial charge in [-0.1, -0.05) is 0 Å². The molecular formula is C12H22N6. The lowest BCUT2D eigenvalue weighted by molar-refractivity contribution is 0.416. The summed E-state index contributed by atoms with van der Waals surface area (Å²) in [7, 11) is 6.18. The van der Waals surface area contributed by atoms with Gasteiger partial charge in [0.05, 0.1) is 0 Å². The van der Waals surface area contributed by atoms with Crippen LogP contribution in [0.4, 0.5) is 11.6 Å². The number of aromatic nitrogens is 2. The van der Waals surface area contributed by atoms with E-state index >= 15 is 0 Å². The summed E-state index contributed by atoms with van der Waals surface area (Å²) in [4.78, 5) is 13.3. The van der Waals surface area contributed by atoms with Crippen LogP contribution in [0.3, 0.4) is 0 Å². The Bertz CT molecular complexity index is 402. The second-order valence-electron chi connectivity index (χ2n) is 5.11. The van der Waals surface area contributed by atoms with E-state index in [1.807, 2.05) is 13.1 Å². The van der Waals surface area contributed by atoms with Crippen LogP contribution >= 0.6 is 0 Å². The minimum absolute atomic E-state index is 0.527. The van der Waals surface area contributed by atoms with Crippen molar-refractivity contribution in [1.82, 2.24) is 14.9 Å².